The minimum atomic E-state index is 0.288. The summed E-state index contributed by atoms with van der Waals surface area (Å²) in [5, 5.41) is 3.28. The van der Waals surface area contributed by atoms with Crippen LogP contribution >= 0.6 is 0 Å². The van der Waals surface area contributed by atoms with Gasteiger partial charge in [-0.2, -0.15) is 4.98 Å². The summed E-state index contributed by atoms with van der Waals surface area (Å²) in [5.41, 5.74) is 1.02. The highest BCUT2D eigenvalue weighted by atomic mass is 16.5. The average molecular weight is 277 g/mol. The van der Waals surface area contributed by atoms with Gasteiger partial charge in [0.25, 0.3) is 0 Å². The van der Waals surface area contributed by atoms with Crippen molar-refractivity contribution in [3.63, 3.8) is 0 Å². The molecule has 0 aromatic carbocycles. The molecule has 112 valence electrons. The maximum absolute atomic E-state index is 6.20. The third kappa shape index (κ3) is 3.62. The number of hydrogen-bond acceptors (Lipinski definition) is 4. The van der Waals surface area contributed by atoms with Crippen LogP contribution in [-0.2, 0) is 0 Å². The molecule has 1 aromatic rings. The first-order chi connectivity index (χ1) is 9.49. The van der Waals surface area contributed by atoms with Crippen LogP contribution in [0.25, 0.3) is 0 Å². The van der Waals surface area contributed by atoms with Gasteiger partial charge in [-0.05, 0) is 51.9 Å². The predicted molar refractivity (Wildman–Crippen MR) is 82.3 cm³/mol. The number of nitrogens with one attached hydrogen (secondary N) is 1. The van der Waals surface area contributed by atoms with Crippen LogP contribution in [-0.4, -0.2) is 22.6 Å². The number of hydrogen-bond donors (Lipinski definition) is 1. The lowest BCUT2D eigenvalue weighted by Crippen LogP contribution is -2.29. The topological polar surface area (TPSA) is 47.0 Å². The summed E-state index contributed by atoms with van der Waals surface area (Å²) in [6, 6.07) is 0. The average Bonchev–Trinajstić information content (AvgIpc) is 2.34. The molecule has 2 rings (SSSR count). The van der Waals surface area contributed by atoms with E-state index in [-0.39, 0.29) is 6.10 Å². The summed E-state index contributed by atoms with van der Waals surface area (Å²) in [6.45, 7) is 11.5. The number of aromatic nitrogens is 2. The Morgan fingerprint density at radius 3 is 2.35 bits per heavy atom. The minimum absolute atomic E-state index is 0.288. The Kier molecular flexibility index (Phi) is 4.84. The number of nitrogens with zero attached hydrogens (tertiary/aromatic N) is 2. The highest BCUT2D eigenvalue weighted by Crippen LogP contribution is 2.32. The second-order valence-corrected chi connectivity index (χ2v) is 6.24. The zero-order chi connectivity index (χ0) is 14.7. The maximum Gasteiger partial charge on any atom is 0.222 e. The molecule has 0 radical (unpaired) electrons. The van der Waals surface area contributed by atoms with E-state index in [4.69, 9.17) is 4.74 Å². The van der Waals surface area contributed by atoms with Crippen LogP contribution in [0.15, 0.2) is 0 Å². The van der Waals surface area contributed by atoms with Gasteiger partial charge in [-0.15, -0.1) is 0 Å². The minimum Gasteiger partial charge on any atom is -0.474 e. The monoisotopic (exact) mass is 277 g/mol. The van der Waals surface area contributed by atoms with Crippen molar-refractivity contribution in [1.29, 1.82) is 0 Å². The van der Waals surface area contributed by atoms with Crippen LogP contribution in [0.5, 0.6) is 5.88 Å². The molecule has 1 aliphatic carbocycles. The molecule has 0 spiro atoms. The van der Waals surface area contributed by atoms with E-state index in [1.54, 1.807) is 0 Å². The van der Waals surface area contributed by atoms with Gasteiger partial charge in [0.2, 0.25) is 5.88 Å². The summed E-state index contributed by atoms with van der Waals surface area (Å²) in [4.78, 5) is 8.93. The van der Waals surface area contributed by atoms with Crippen LogP contribution in [0.2, 0.25) is 0 Å². The van der Waals surface area contributed by atoms with Crippen molar-refractivity contribution >= 4 is 5.82 Å². The summed E-state index contributed by atoms with van der Waals surface area (Å²) in [6.07, 6.45) is 3.85. The molecule has 4 nitrogen and oxygen atoms in total. The van der Waals surface area contributed by atoms with Crippen LogP contribution < -0.4 is 10.1 Å². The van der Waals surface area contributed by atoms with Gasteiger partial charge in [0.05, 0.1) is 5.56 Å². The van der Waals surface area contributed by atoms with Gasteiger partial charge < -0.3 is 10.1 Å². The lowest BCUT2D eigenvalue weighted by Gasteiger charge is -2.31. The standard InChI is InChI=1S/C16H27N3O/c1-6-17-15-12(4)16(19-13(5)18-15)20-14-8-10(2)7-11(3)9-14/h10-11,14H,6-9H2,1-5H3,(H,17,18,19). The number of rotatable bonds is 4. The molecule has 4 heteroatoms. The normalized spacial score (nSPS) is 26.4. The molecule has 1 N–H and O–H groups in total. The fourth-order valence-corrected chi connectivity index (χ4v) is 3.18. The quantitative estimate of drug-likeness (QED) is 0.911. The maximum atomic E-state index is 6.20. The summed E-state index contributed by atoms with van der Waals surface area (Å²) in [5.74, 6) is 3.88. The first kappa shape index (κ1) is 15.1. The largest absolute Gasteiger partial charge is 0.474 e. The molecule has 1 fully saturated rings. The Bertz CT molecular complexity index is 451. The highest BCUT2D eigenvalue weighted by Gasteiger charge is 2.26. The molecule has 0 aliphatic heterocycles. The van der Waals surface area contributed by atoms with Gasteiger partial charge in [-0.1, -0.05) is 13.8 Å². The first-order valence-corrected chi connectivity index (χ1v) is 7.75. The summed E-state index contributed by atoms with van der Waals surface area (Å²) >= 11 is 0. The zero-order valence-electron chi connectivity index (χ0n) is 13.4. The second-order valence-electron chi connectivity index (χ2n) is 6.24. The number of aryl methyl sites for hydroxylation is 1. The predicted octanol–water partition coefficient (Wildman–Crippen LogP) is 3.73. The molecule has 20 heavy (non-hydrogen) atoms. The van der Waals surface area contributed by atoms with Gasteiger partial charge in [0.1, 0.15) is 17.7 Å². The molecule has 1 aromatic heterocycles. The highest BCUT2D eigenvalue weighted by molar-refractivity contribution is 5.48. The van der Waals surface area contributed by atoms with E-state index < -0.39 is 0 Å². The molecule has 0 saturated heterocycles. The lowest BCUT2D eigenvalue weighted by molar-refractivity contribution is 0.0957. The van der Waals surface area contributed by atoms with Crippen molar-refractivity contribution in [1.82, 2.24) is 9.97 Å². The van der Waals surface area contributed by atoms with Gasteiger partial charge in [-0.25, -0.2) is 4.98 Å². The summed E-state index contributed by atoms with van der Waals surface area (Å²) in [7, 11) is 0. The van der Waals surface area contributed by atoms with Crippen LogP contribution in [0.3, 0.4) is 0 Å². The van der Waals surface area contributed by atoms with Crippen molar-refractivity contribution in [2.24, 2.45) is 11.8 Å². The third-order valence-corrected chi connectivity index (χ3v) is 3.97. The molecular formula is C16H27N3O. The third-order valence-electron chi connectivity index (χ3n) is 3.97. The smallest absolute Gasteiger partial charge is 0.222 e. The second kappa shape index (κ2) is 6.42. The van der Waals surface area contributed by atoms with E-state index >= 15 is 0 Å². The van der Waals surface area contributed by atoms with E-state index in [1.165, 1.54) is 6.42 Å². The molecular weight excluding hydrogens is 250 g/mol. The molecule has 1 aliphatic rings. The van der Waals surface area contributed by atoms with E-state index in [1.807, 2.05) is 13.8 Å². The van der Waals surface area contributed by atoms with Gasteiger partial charge in [0.15, 0.2) is 0 Å². The number of anilines is 1. The van der Waals surface area contributed by atoms with Crippen molar-refractivity contribution < 1.29 is 4.74 Å². The Morgan fingerprint density at radius 2 is 1.75 bits per heavy atom. The van der Waals surface area contributed by atoms with Crippen molar-refractivity contribution in [3.8, 4) is 5.88 Å². The fraction of sp³-hybridized carbons (Fsp3) is 0.750. The lowest BCUT2D eigenvalue weighted by atomic mass is 9.82. The van der Waals surface area contributed by atoms with E-state index in [0.717, 1.165) is 54.3 Å². The zero-order valence-corrected chi connectivity index (χ0v) is 13.4. The van der Waals surface area contributed by atoms with Crippen molar-refractivity contribution in [2.75, 3.05) is 11.9 Å². The molecule has 2 atom stereocenters. The van der Waals surface area contributed by atoms with Crippen LogP contribution in [0, 0.1) is 25.7 Å². The van der Waals surface area contributed by atoms with Crippen LogP contribution in [0.1, 0.15) is 51.4 Å². The van der Waals surface area contributed by atoms with Gasteiger partial charge >= 0.3 is 0 Å². The SMILES string of the molecule is CCNc1nc(C)nc(OC2CC(C)CC(C)C2)c1C. The van der Waals surface area contributed by atoms with E-state index in [2.05, 4.69) is 36.1 Å². The number of ether oxygens (including phenoxy) is 1. The molecule has 2 unspecified atom stereocenters. The molecule has 1 saturated carbocycles. The molecule has 0 amide bonds. The van der Waals surface area contributed by atoms with E-state index in [9.17, 15) is 0 Å². The van der Waals surface area contributed by atoms with Crippen molar-refractivity contribution in [3.05, 3.63) is 11.4 Å². The Balaban J connectivity index is 2.16. The summed E-state index contributed by atoms with van der Waals surface area (Å²) < 4.78 is 6.20. The fourth-order valence-electron chi connectivity index (χ4n) is 3.18. The molecule has 0 bridgehead atoms. The Hall–Kier alpha value is -1.32. The van der Waals surface area contributed by atoms with Gasteiger partial charge in [-0.3, -0.25) is 0 Å². The van der Waals surface area contributed by atoms with E-state index in [0.29, 0.717) is 0 Å². The molecule has 1 heterocycles. The van der Waals surface area contributed by atoms with Crippen LogP contribution in [0.4, 0.5) is 5.82 Å². The van der Waals surface area contributed by atoms with Gasteiger partial charge in [0, 0.05) is 6.54 Å². The first-order valence-electron chi connectivity index (χ1n) is 7.75. The van der Waals surface area contributed by atoms with Crippen molar-refractivity contribution in [2.45, 2.75) is 60.0 Å². The Labute approximate surface area is 122 Å². The Morgan fingerprint density at radius 1 is 1.10 bits per heavy atom.